The average molecular weight is 152 g/mol. The fraction of sp³-hybridized carbons (Fsp3) is 0. The van der Waals surface area contributed by atoms with Gasteiger partial charge in [-0.05, 0) is 0 Å². The fourth-order valence-electron chi connectivity index (χ4n) is 0.580. The molecular formula is C5H2BFN2O2. The summed E-state index contributed by atoms with van der Waals surface area (Å²) >= 11 is 0. The largest absolute Gasteiger partial charge is 0.323 e. The van der Waals surface area contributed by atoms with Crippen LogP contribution in [0.5, 0.6) is 0 Å². The van der Waals surface area contributed by atoms with Crippen molar-refractivity contribution in [3.63, 3.8) is 0 Å². The first-order chi connectivity index (χ1) is 5.11. The molecular weight excluding hydrogens is 150 g/mol. The number of hydrogen-bond donors (Lipinski definition) is 0. The highest BCUT2D eigenvalue weighted by atomic mass is 19.1. The summed E-state index contributed by atoms with van der Waals surface area (Å²) in [5.74, 6) is -1.12. The molecule has 4 nitrogen and oxygen atoms in total. The minimum Gasteiger partial charge on any atom is -0.258 e. The second-order valence-corrected chi connectivity index (χ2v) is 1.84. The monoisotopic (exact) mass is 152 g/mol. The van der Waals surface area contributed by atoms with Crippen molar-refractivity contribution in [2.24, 2.45) is 0 Å². The molecule has 1 rings (SSSR count). The zero-order valence-electron chi connectivity index (χ0n) is 5.32. The number of nitro groups is 1. The molecule has 0 aliphatic carbocycles. The summed E-state index contributed by atoms with van der Waals surface area (Å²) in [7, 11) is 5.13. The number of pyridine rings is 1. The predicted molar refractivity (Wildman–Crippen MR) is 36.2 cm³/mol. The SMILES string of the molecule is [B]c1cnc(F)c([N+](=O)[O-])c1. The van der Waals surface area contributed by atoms with E-state index < -0.39 is 16.6 Å². The Morgan fingerprint density at radius 3 is 2.82 bits per heavy atom. The maximum absolute atomic E-state index is 12.4. The molecule has 0 atom stereocenters. The normalized spacial score (nSPS) is 9.55. The summed E-state index contributed by atoms with van der Waals surface area (Å²) in [5.41, 5.74) is -0.636. The predicted octanol–water partition coefficient (Wildman–Crippen LogP) is -0.0773. The molecule has 0 aromatic carbocycles. The van der Waals surface area contributed by atoms with E-state index in [1.165, 1.54) is 0 Å². The second kappa shape index (κ2) is 2.65. The molecule has 1 aromatic rings. The summed E-state index contributed by atoms with van der Waals surface area (Å²) in [4.78, 5) is 12.2. The molecule has 0 aliphatic heterocycles. The number of halogens is 1. The molecule has 2 radical (unpaired) electrons. The van der Waals surface area contributed by atoms with E-state index >= 15 is 0 Å². The van der Waals surface area contributed by atoms with Crippen LogP contribution in [0.3, 0.4) is 0 Å². The van der Waals surface area contributed by atoms with Crippen molar-refractivity contribution in [1.29, 1.82) is 0 Å². The maximum Gasteiger partial charge on any atom is 0.323 e. The molecule has 1 aromatic heterocycles. The van der Waals surface area contributed by atoms with Gasteiger partial charge < -0.3 is 0 Å². The van der Waals surface area contributed by atoms with Gasteiger partial charge in [0, 0.05) is 12.3 Å². The Balaban J connectivity index is 3.23. The highest BCUT2D eigenvalue weighted by molar-refractivity contribution is 6.32. The Hall–Kier alpha value is -1.46. The lowest BCUT2D eigenvalue weighted by Gasteiger charge is -1.93. The molecule has 0 unspecified atom stereocenters. The minimum atomic E-state index is -1.12. The Labute approximate surface area is 62.6 Å². The summed E-state index contributed by atoms with van der Waals surface area (Å²) < 4.78 is 12.4. The zero-order valence-corrected chi connectivity index (χ0v) is 5.32. The van der Waals surface area contributed by atoms with E-state index in [4.69, 9.17) is 7.85 Å². The maximum atomic E-state index is 12.4. The van der Waals surface area contributed by atoms with Gasteiger partial charge in [-0.1, -0.05) is 5.46 Å². The van der Waals surface area contributed by atoms with E-state index in [0.29, 0.717) is 0 Å². The van der Waals surface area contributed by atoms with Crippen LogP contribution in [0.1, 0.15) is 0 Å². The summed E-state index contributed by atoms with van der Waals surface area (Å²) in [6, 6.07) is 0.919. The first-order valence-electron chi connectivity index (χ1n) is 2.66. The molecule has 0 saturated heterocycles. The lowest BCUT2D eigenvalue weighted by atomic mass is 9.99. The van der Waals surface area contributed by atoms with Crippen LogP contribution in [-0.4, -0.2) is 17.8 Å². The van der Waals surface area contributed by atoms with Crippen molar-refractivity contribution >= 4 is 19.0 Å². The van der Waals surface area contributed by atoms with E-state index in [2.05, 4.69) is 4.98 Å². The third-order valence-electron chi connectivity index (χ3n) is 1.04. The van der Waals surface area contributed by atoms with E-state index in [1.54, 1.807) is 0 Å². The van der Waals surface area contributed by atoms with Crippen LogP contribution in [0.2, 0.25) is 0 Å². The minimum absolute atomic E-state index is 0.0677. The van der Waals surface area contributed by atoms with Crippen LogP contribution in [0.15, 0.2) is 12.3 Å². The molecule has 1 heterocycles. The van der Waals surface area contributed by atoms with Gasteiger partial charge in [-0.2, -0.15) is 4.39 Å². The molecule has 0 saturated carbocycles. The highest BCUT2D eigenvalue weighted by Crippen LogP contribution is 2.10. The van der Waals surface area contributed by atoms with Gasteiger partial charge in [0.05, 0.1) is 4.92 Å². The van der Waals surface area contributed by atoms with Crippen molar-refractivity contribution in [3.05, 3.63) is 28.3 Å². The first kappa shape index (κ1) is 7.65. The second-order valence-electron chi connectivity index (χ2n) is 1.84. The van der Waals surface area contributed by atoms with E-state index in [9.17, 15) is 14.5 Å². The molecule has 54 valence electrons. The van der Waals surface area contributed by atoms with Gasteiger partial charge in [0.2, 0.25) is 0 Å². The number of hydrogen-bond acceptors (Lipinski definition) is 3. The van der Waals surface area contributed by atoms with Crippen molar-refractivity contribution in [3.8, 4) is 0 Å². The number of nitrogens with zero attached hydrogens (tertiary/aromatic N) is 2. The van der Waals surface area contributed by atoms with Gasteiger partial charge in [0.25, 0.3) is 5.95 Å². The molecule has 0 aliphatic rings. The van der Waals surface area contributed by atoms with Crippen LogP contribution in [0.4, 0.5) is 10.1 Å². The summed E-state index contributed by atoms with van der Waals surface area (Å²) in [6.07, 6.45) is 1.02. The lowest BCUT2D eigenvalue weighted by molar-refractivity contribution is -0.387. The van der Waals surface area contributed by atoms with E-state index in [1.807, 2.05) is 0 Å². The average Bonchev–Trinajstić information content (AvgIpc) is 1.94. The van der Waals surface area contributed by atoms with Gasteiger partial charge in [-0.3, -0.25) is 10.1 Å². The first-order valence-corrected chi connectivity index (χ1v) is 2.66. The molecule has 0 bridgehead atoms. The molecule has 0 amide bonds. The quantitative estimate of drug-likeness (QED) is 0.244. The summed E-state index contributed by atoms with van der Waals surface area (Å²) in [5, 5.41) is 10.0. The van der Waals surface area contributed by atoms with E-state index in [-0.39, 0.29) is 5.46 Å². The van der Waals surface area contributed by atoms with Crippen LogP contribution < -0.4 is 5.46 Å². The van der Waals surface area contributed by atoms with Gasteiger partial charge in [0.1, 0.15) is 7.85 Å². The highest BCUT2D eigenvalue weighted by Gasteiger charge is 2.13. The van der Waals surface area contributed by atoms with Crippen LogP contribution in [-0.2, 0) is 0 Å². The molecule has 0 fully saturated rings. The van der Waals surface area contributed by atoms with Gasteiger partial charge in [-0.25, -0.2) is 4.98 Å². The fourth-order valence-corrected chi connectivity index (χ4v) is 0.580. The Morgan fingerprint density at radius 2 is 2.36 bits per heavy atom. The topological polar surface area (TPSA) is 56.0 Å². The third kappa shape index (κ3) is 1.51. The van der Waals surface area contributed by atoms with Crippen LogP contribution in [0, 0.1) is 16.1 Å². The van der Waals surface area contributed by atoms with E-state index in [0.717, 1.165) is 12.3 Å². The van der Waals surface area contributed by atoms with Crippen molar-refractivity contribution in [1.82, 2.24) is 4.98 Å². The Morgan fingerprint density at radius 1 is 1.73 bits per heavy atom. The van der Waals surface area contributed by atoms with Crippen molar-refractivity contribution < 1.29 is 9.31 Å². The third-order valence-corrected chi connectivity index (χ3v) is 1.04. The standard InChI is InChI=1S/C5H2BFN2O2/c6-3-1-4(9(10)11)5(7)8-2-3/h1-2H. The molecule has 11 heavy (non-hydrogen) atoms. The van der Waals surface area contributed by atoms with Crippen LogP contribution in [0.25, 0.3) is 0 Å². The summed E-state index contributed by atoms with van der Waals surface area (Å²) in [6.45, 7) is 0. The smallest absolute Gasteiger partial charge is 0.258 e. The Kier molecular flexibility index (Phi) is 1.84. The van der Waals surface area contributed by atoms with Crippen molar-refractivity contribution in [2.45, 2.75) is 0 Å². The number of aromatic nitrogens is 1. The molecule has 0 N–H and O–H groups in total. The lowest BCUT2D eigenvalue weighted by Crippen LogP contribution is -2.07. The molecule has 0 spiro atoms. The Bertz CT molecular complexity index is 305. The van der Waals surface area contributed by atoms with Crippen molar-refractivity contribution in [2.75, 3.05) is 0 Å². The zero-order chi connectivity index (χ0) is 8.43. The number of rotatable bonds is 1. The van der Waals surface area contributed by atoms with Gasteiger partial charge in [0.15, 0.2) is 0 Å². The van der Waals surface area contributed by atoms with Gasteiger partial charge >= 0.3 is 5.69 Å². The molecule has 6 heteroatoms. The van der Waals surface area contributed by atoms with Gasteiger partial charge in [-0.15, -0.1) is 0 Å². The van der Waals surface area contributed by atoms with Crippen LogP contribution >= 0.6 is 0 Å².